The fourth-order valence-corrected chi connectivity index (χ4v) is 3.07. The molecule has 1 aliphatic rings. The standard InChI is InChI=1S/C17H22N4O2/c1-13(21-12-18-14-7-3-4-8-15(14)21)17(23)19(2)11-16(22)20-9-5-6-10-20/h3-4,7-8,12-13H,5-6,9-11H2,1-2H3/t13-/m0/s1. The van der Waals surface area contributed by atoms with Crippen molar-refractivity contribution in [2.75, 3.05) is 26.7 Å². The minimum atomic E-state index is -0.390. The van der Waals surface area contributed by atoms with Crippen LogP contribution in [0.4, 0.5) is 0 Å². The number of hydrogen-bond acceptors (Lipinski definition) is 3. The van der Waals surface area contributed by atoms with Gasteiger partial charge in [0.15, 0.2) is 0 Å². The van der Waals surface area contributed by atoms with Gasteiger partial charge in [0.2, 0.25) is 11.8 Å². The van der Waals surface area contributed by atoms with Gasteiger partial charge in [-0.05, 0) is 31.9 Å². The summed E-state index contributed by atoms with van der Waals surface area (Å²) in [5.74, 6) is -0.0539. The monoisotopic (exact) mass is 314 g/mol. The molecule has 0 N–H and O–H groups in total. The minimum Gasteiger partial charge on any atom is -0.341 e. The number of benzene rings is 1. The fourth-order valence-electron chi connectivity index (χ4n) is 3.07. The third-order valence-electron chi connectivity index (χ3n) is 4.46. The number of nitrogens with zero attached hydrogens (tertiary/aromatic N) is 4. The summed E-state index contributed by atoms with van der Waals surface area (Å²) in [6.45, 7) is 3.59. The highest BCUT2D eigenvalue weighted by molar-refractivity contribution is 5.87. The van der Waals surface area contributed by atoms with Crippen molar-refractivity contribution in [1.82, 2.24) is 19.4 Å². The second-order valence-electron chi connectivity index (χ2n) is 6.10. The van der Waals surface area contributed by atoms with Gasteiger partial charge in [-0.1, -0.05) is 12.1 Å². The van der Waals surface area contributed by atoms with Crippen LogP contribution in [0.25, 0.3) is 11.0 Å². The van der Waals surface area contributed by atoms with Crippen molar-refractivity contribution in [2.24, 2.45) is 0 Å². The number of carbonyl (C=O) groups is 2. The summed E-state index contributed by atoms with van der Waals surface area (Å²) < 4.78 is 1.86. The van der Waals surface area contributed by atoms with Crippen LogP contribution in [0.5, 0.6) is 0 Å². The third kappa shape index (κ3) is 3.06. The summed E-state index contributed by atoms with van der Waals surface area (Å²) >= 11 is 0. The highest BCUT2D eigenvalue weighted by Crippen LogP contribution is 2.19. The molecule has 1 saturated heterocycles. The lowest BCUT2D eigenvalue weighted by atomic mass is 10.2. The van der Waals surface area contributed by atoms with E-state index in [1.807, 2.05) is 40.7 Å². The topological polar surface area (TPSA) is 58.4 Å². The Hall–Kier alpha value is -2.37. The summed E-state index contributed by atoms with van der Waals surface area (Å²) in [5.41, 5.74) is 1.79. The zero-order valence-corrected chi connectivity index (χ0v) is 13.6. The van der Waals surface area contributed by atoms with E-state index < -0.39 is 6.04 Å². The normalized spacial score (nSPS) is 15.8. The van der Waals surface area contributed by atoms with E-state index in [0.29, 0.717) is 0 Å². The lowest BCUT2D eigenvalue weighted by Gasteiger charge is -2.24. The van der Waals surface area contributed by atoms with Crippen LogP contribution in [-0.4, -0.2) is 57.8 Å². The Morgan fingerprint density at radius 3 is 2.70 bits per heavy atom. The molecule has 2 heterocycles. The van der Waals surface area contributed by atoms with E-state index in [-0.39, 0.29) is 18.4 Å². The van der Waals surface area contributed by atoms with E-state index in [2.05, 4.69) is 4.98 Å². The molecule has 1 atom stereocenters. The Balaban J connectivity index is 1.70. The van der Waals surface area contributed by atoms with Crippen molar-refractivity contribution in [2.45, 2.75) is 25.8 Å². The number of para-hydroxylation sites is 2. The van der Waals surface area contributed by atoms with Gasteiger partial charge in [0, 0.05) is 20.1 Å². The molecule has 0 spiro atoms. The van der Waals surface area contributed by atoms with Crippen LogP contribution in [0, 0.1) is 0 Å². The van der Waals surface area contributed by atoms with E-state index in [9.17, 15) is 9.59 Å². The molecule has 0 unspecified atom stereocenters. The fraction of sp³-hybridized carbons (Fsp3) is 0.471. The first kappa shape index (κ1) is 15.5. The van der Waals surface area contributed by atoms with E-state index >= 15 is 0 Å². The van der Waals surface area contributed by atoms with Gasteiger partial charge < -0.3 is 14.4 Å². The van der Waals surface area contributed by atoms with Crippen molar-refractivity contribution < 1.29 is 9.59 Å². The maximum Gasteiger partial charge on any atom is 0.245 e. The van der Waals surface area contributed by atoms with Gasteiger partial charge in [0.05, 0.1) is 23.9 Å². The molecule has 6 nitrogen and oxygen atoms in total. The highest BCUT2D eigenvalue weighted by atomic mass is 16.2. The van der Waals surface area contributed by atoms with Gasteiger partial charge in [-0.25, -0.2) is 4.98 Å². The van der Waals surface area contributed by atoms with E-state index in [1.54, 1.807) is 13.4 Å². The Morgan fingerprint density at radius 2 is 1.96 bits per heavy atom. The maximum atomic E-state index is 12.6. The summed E-state index contributed by atoms with van der Waals surface area (Å²) in [6.07, 6.45) is 3.80. The summed E-state index contributed by atoms with van der Waals surface area (Å²) in [6, 6.07) is 7.33. The molecule has 122 valence electrons. The predicted molar refractivity (Wildman–Crippen MR) is 87.9 cm³/mol. The summed E-state index contributed by atoms with van der Waals surface area (Å²) in [4.78, 5) is 32.5. The van der Waals surface area contributed by atoms with Crippen LogP contribution in [-0.2, 0) is 9.59 Å². The first-order valence-electron chi connectivity index (χ1n) is 8.02. The molecule has 6 heteroatoms. The third-order valence-corrected chi connectivity index (χ3v) is 4.46. The highest BCUT2D eigenvalue weighted by Gasteiger charge is 2.25. The van der Waals surface area contributed by atoms with Crippen LogP contribution in [0.15, 0.2) is 30.6 Å². The average Bonchev–Trinajstić information content (AvgIpc) is 3.22. The van der Waals surface area contributed by atoms with Gasteiger partial charge in [0.25, 0.3) is 0 Å². The van der Waals surface area contributed by atoms with Crippen molar-refractivity contribution in [3.05, 3.63) is 30.6 Å². The summed E-state index contributed by atoms with van der Waals surface area (Å²) in [5, 5.41) is 0. The molecule has 1 fully saturated rings. The molecule has 2 amide bonds. The quantitative estimate of drug-likeness (QED) is 0.863. The predicted octanol–water partition coefficient (Wildman–Crippen LogP) is 1.68. The molecule has 0 radical (unpaired) electrons. The first-order valence-corrected chi connectivity index (χ1v) is 8.02. The van der Waals surface area contributed by atoms with Crippen molar-refractivity contribution in [1.29, 1.82) is 0 Å². The number of imidazole rings is 1. The molecule has 0 bridgehead atoms. The Bertz CT molecular complexity index is 718. The SMILES string of the molecule is C[C@@H](C(=O)N(C)CC(=O)N1CCCC1)n1cnc2ccccc21. The Labute approximate surface area is 135 Å². The Morgan fingerprint density at radius 1 is 1.26 bits per heavy atom. The van der Waals surface area contributed by atoms with E-state index in [1.165, 1.54) is 4.90 Å². The van der Waals surface area contributed by atoms with Gasteiger partial charge in [-0.3, -0.25) is 9.59 Å². The van der Waals surface area contributed by atoms with E-state index in [4.69, 9.17) is 0 Å². The zero-order valence-electron chi connectivity index (χ0n) is 13.6. The molecule has 1 aromatic carbocycles. The molecule has 0 saturated carbocycles. The maximum absolute atomic E-state index is 12.6. The number of rotatable bonds is 4. The minimum absolute atomic E-state index is 0.0287. The molecule has 0 aliphatic carbocycles. The van der Waals surface area contributed by atoms with Gasteiger partial charge >= 0.3 is 0 Å². The van der Waals surface area contributed by atoms with Gasteiger partial charge in [-0.15, -0.1) is 0 Å². The molecule has 2 aromatic rings. The number of aromatic nitrogens is 2. The number of carbonyl (C=O) groups excluding carboxylic acids is 2. The Kier molecular flexibility index (Phi) is 4.32. The van der Waals surface area contributed by atoms with Crippen LogP contribution < -0.4 is 0 Å². The largest absolute Gasteiger partial charge is 0.341 e. The number of likely N-dealkylation sites (N-methyl/N-ethyl adjacent to an activating group) is 1. The average molecular weight is 314 g/mol. The molecule has 1 aliphatic heterocycles. The molecule has 1 aromatic heterocycles. The van der Waals surface area contributed by atoms with Crippen molar-refractivity contribution in [3.63, 3.8) is 0 Å². The van der Waals surface area contributed by atoms with Crippen molar-refractivity contribution >= 4 is 22.8 Å². The van der Waals surface area contributed by atoms with Crippen LogP contribution in [0.3, 0.4) is 0 Å². The van der Waals surface area contributed by atoms with Crippen LogP contribution in [0.1, 0.15) is 25.8 Å². The zero-order chi connectivity index (χ0) is 16.4. The van der Waals surface area contributed by atoms with Gasteiger partial charge in [0.1, 0.15) is 6.04 Å². The van der Waals surface area contributed by atoms with Crippen LogP contribution >= 0.6 is 0 Å². The van der Waals surface area contributed by atoms with E-state index in [0.717, 1.165) is 37.0 Å². The summed E-state index contributed by atoms with van der Waals surface area (Å²) in [7, 11) is 1.69. The lowest BCUT2D eigenvalue weighted by Crippen LogP contribution is -2.42. The number of fused-ring (bicyclic) bond motifs is 1. The smallest absolute Gasteiger partial charge is 0.245 e. The second kappa shape index (κ2) is 6.40. The molecular formula is C17H22N4O2. The number of likely N-dealkylation sites (tertiary alicyclic amines) is 1. The second-order valence-corrected chi connectivity index (χ2v) is 6.10. The molecular weight excluding hydrogens is 292 g/mol. The lowest BCUT2D eigenvalue weighted by molar-refractivity contribution is -0.140. The molecule has 3 rings (SSSR count). The number of amides is 2. The number of hydrogen-bond donors (Lipinski definition) is 0. The molecule has 23 heavy (non-hydrogen) atoms. The van der Waals surface area contributed by atoms with Crippen LogP contribution in [0.2, 0.25) is 0 Å². The van der Waals surface area contributed by atoms with Crippen molar-refractivity contribution in [3.8, 4) is 0 Å². The first-order chi connectivity index (χ1) is 11.1. The van der Waals surface area contributed by atoms with Gasteiger partial charge in [-0.2, -0.15) is 0 Å².